The van der Waals surface area contributed by atoms with Crippen molar-refractivity contribution in [2.45, 2.75) is 31.2 Å². The molecule has 8 nitrogen and oxygen atoms in total. The van der Waals surface area contributed by atoms with Crippen molar-refractivity contribution in [1.82, 2.24) is 5.48 Å². The molecule has 0 spiro atoms. The van der Waals surface area contributed by atoms with Crippen LogP contribution in [0.5, 0.6) is 5.75 Å². The Bertz CT molecular complexity index is 1070. The van der Waals surface area contributed by atoms with E-state index in [2.05, 4.69) is 41.9 Å². The summed E-state index contributed by atoms with van der Waals surface area (Å²) < 4.78 is 38.1. The van der Waals surface area contributed by atoms with Crippen LogP contribution in [0.2, 0.25) is 0 Å². The molecule has 0 saturated carbocycles. The van der Waals surface area contributed by atoms with Gasteiger partial charge >= 0.3 is 7.82 Å². The summed E-state index contributed by atoms with van der Waals surface area (Å²) in [5, 5.41) is 0. The molecule has 3 aromatic carbocycles. The van der Waals surface area contributed by atoms with Crippen molar-refractivity contribution < 1.29 is 32.4 Å². The van der Waals surface area contributed by atoms with Crippen molar-refractivity contribution in [2.24, 2.45) is 0 Å². The molecule has 0 amide bonds. The number of benzene rings is 3. The Balaban J connectivity index is 1.59. The topological polar surface area (TPSA) is 84.5 Å². The van der Waals surface area contributed by atoms with E-state index in [0.717, 1.165) is 48.1 Å². The van der Waals surface area contributed by atoms with Gasteiger partial charge in [0.25, 0.3) is 0 Å². The maximum Gasteiger partial charge on any atom is 0.474 e. The standard InChI is InChI=1S/C30H40NO7P/c1-33-24-25-38-39(32,35-3)37-23-13-5-4-12-22-36-31-30(26-14-8-6-9-15-26,27-16-10-7-11-17-27)28-18-20-29(34-2)21-19-28/h6-11,14-21,31H,4-5,12-13,22-25H2,1-3H3. The quantitative estimate of drug-likeness (QED) is 0.0774. The maximum absolute atomic E-state index is 12.4. The molecule has 1 N–H and O–H groups in total. The molecule has 1 unspecified atom stereocenters. The van der Waals surface area contributed by atoms with Gasteiger partial charge in [0.2, 0.25) is 0 Å². The number of nitrogens with one attached hydrogen (secondary N) is 1. The maximum atomic E-state index is 12.4. The van der Waals surface area contributed by atoms with Crippen LogP contribution in [0.25, 0.3) is 0 Å². The Morgan fingerprint density at radius 1 is 0.641 bits per heavy atom. The van der Waals surface area contributed by atoms with Crippen LogP contribution in [0.15, 0.2) is 84.9 Å². The fourth-order valence-electron chi connectivity index (χ4n) is 4.23. The highest BCUT2D eigenvalue weighted by atomic mass is 31.2. The first-order chi connectivity index (χ1) is 19.1. The monoisotopic (exact) mass is 557 g/mol. The van der Waals surface area contributed by atoms with Crippen molar-refractivity contribution in [3.05, 3.63) is 102 Å². The highest BCUT2D eigenvalue weighted by Crippen LogP contribution is 2.48. The molecule has 0 fully saturated rings. The summed E-state index contributed by atoms with van der Waals surface area (Å²) >= 11 is 0. The molecular weight excluding hydrogens is 517 g/mol. The molecule has 0 aliphatic rings. The van der Waals surface area contributed by atoms with E-state index in [-0.39, 0.29) is 6.61 Å². The summed E-state index contributed by atoms with van der Waals surface area (Å²) in [6, 6.07) is 28.6. The van der Waals surface area contributed by atoms with Crippen LogP contribution >= 0.6 is 7.82 Å². The van der Waals surface area contributed by atoms with Gasteiger partial charge in [0.1, 0.15) is 11.3 Å². The molecule has 0 saturated heterocycles. The van der Waals surface area contributed by atoms with Gasteiger partial charge in [-0.2, -0.15) is 5.48 Å². The van der Waals surface area contributed by atoms with Gasteiger partial charge in [-0.3, -0.25) is 13.6 Å². The first-order valence-electron chi connectivity index (χ1n) is 13.2. The average molecular weight is 558 g/mol. The fraction of sp³-hybridized carbons (Fsp3) is 0.400. The third-order valence-corrected chi connectivity index (χ3v) is 7.76. The zero-order valence-electron chi connectivity index (χ0n) is 23.0. The van der Waals surface area contributed by atoms with Crippen molar-refractivity contribution in [3.8, 4) is 5.75 Å². The normalized spacial score (nSPS) is 13.2. The molecule has 0 aromatic heterocycles. The fourth-order valence-corrected chi connectivity index (χ4v) is 5.17. The lowest BCUT2D eigenvalue weighted by Gasteiger charge is -2.36. The zero-order valence-corrected chi connectivity index (χ0v) is 23.9. The molecule has 0 aliphatic heterocycles. The molecule has 1 atom stereocenters. The Hall–Kier alpha value is -2.55. The number of phosphoric acid groups is 1. The predicted octanol–water partition coefficient (Wildman–Crippen LogP) is 6.50. The summed E-state index contributed by atoms with van der Waals surface area (Å²) in [5.41, 5.74) is 5.88. The number of rotatable bonds is 19. The lowest BCUT2D eigenvalue weighted by Crippen LogP contribution is -2.44. The second kappa shape index (κ2) is 16.5. The SMILES string of the molecule is COCCOP(=O)(OC)OCCCCCCONC(c1ccccc1)(c1ccccc1)c1ccc(OC)cc1. The van der Waals surface area contributed by atoms with Gasteiger partial charge in [-0.05, 0) is 41.7 Å². The van der Waals surface area contributed by atoms with Gasteiger partial charge in [-0.25, -0.2) is 4.57 Å². The second-order valence-electron chi connectivity index (χ2n) is 8.86. The lowest BCUT2D eigenvalue weighted by atomic mass is 9.78. The highest BCUT2D eigenvalue weighted by Gasteiger charge is 2.37. The Morgan fingerprint density at radius 2 is 1.18 bits per heavy atom. The second-order valence-corrected chi connectivity index (χ2v) is 10.6. The molecule has 0 bridgehead atoms. The van der Waals surface area contributed by atoms with E-state index in [1.165, 1.54) is 7.11 Å². The van der Waals surface area contributed by atoms with Crippen molar-refractivity contribution in [1.29, 1.82) is 0 Å². The number of hydrogen-bond acceptors (Lipinski definition) is 8. The van der Waals surface area contributed by atoms with Crippen molar-refractivity contribution in [3.63, 3.8) is 0 Å². The Labute approximate surface area is 232 Å². The molecule has 0 aliphatic carbocycles. The molecule has 0 radical (unpaired) electrons. The summed E-state index contributed by atoms with van der Waals surface area (Å²) in [7, 11) is 0.993. The third-order valence-electron chi connectivity index (χ3n) is 6.31. The molecule has 0 heterocycles. The van der Waals surface area contributed by atoms with Gasteiger partial charge in [-0.1, -0.05) is 85.6 Å². The van der Waals surface area contributed by atoms with E-state index in [0.29, 0.717) is 19.8 Å². The summed E-state index contributed by atoms with van der Waals surface area (Å²) in [5.74, 6) is 0.794. The highest BCUT2D eigenvalue weighted by molar-refractivity contribution is 7.48. The largest absolute Gasteiger partial charge is 0.497 e. The Morgan fingerprint density at radius 3 is 1.72 bits per heavy atom. The first kappa shape index (κ1) is 31.0. The molecule has 3 aromatic rings. The van der Waals surface area contributed by atoms with Crippen LogP contribution < -0.4 is 10.2 Å². The van der Waals surface area contributed by atoms with Gasteiger partial charge in [0.05, 0.1) is 33.5 Å². The van der Waals surface area contributed by atoms with Gasteiger partial charge < -0.3 is 14.3 Å². The van der Waals surface area contributed by atoms with Crippen LogP contribution in [0.4, 0.5) is 0 Å². The molecule has 9 heteroatoms. The average Bonchev–Trinajstić information content (AvgIpc) is 2.99. The smallest absolute Gasteiger partial charge is 0.474 e. The van der Waals surface area contributed by atoms with Crippen LogP contribution in [0.1, 0.15) is 42.4 Å². The van der Waals surface area contributed by atoms with Gasteiger partial charge in [-0.15, -0.1) is 0 Å². The van der Waals surface area contributed by atoms with E-state index >= 15 is 0 Å². The summed E-state index contributed by atoms with van der Waals surface area (Å²) in [4.78, 5) is 6.14. The predicted molar refractivity (Wildman–Crippen MR) is 152 cm³/mol. The zero-order chi connectivity index (χ0) is 27.8. The summed E-state index contributed by atoms with van der Waals surface area (Å²) in [6.07, 6.45) is 3.41. The Kier molecular flexibility index (Phi) is 13.1. The summed E-state index contributed by atoms with van der Waals surface area (Å²) in [6.45, 7) is 1.28. The van der Waals surface area contributed by atoms with Gasteiger partial charge in [0.15, 0.2) is 0 Å². The number of hydroxylamine groups is 1. The first-order valence-corrected chi connectivity index (χ1v) is 14.6. The minimum atomic E-state index is -3.53. The van der Waals surface area contributed by atoms with E-state index in [9.17, 15) is 4.57 Å². The van der Waals surface area contributed by atoms with E-state index in [4.69, 9.17) is 27.9 Å². The number of hydrogen-bond donors (Lipinski definition) is 1. The van der Waals surface area contributed by atoms with E-state index < -0.39 is 13.4 Å². The van der Waals surface area contributed by atoms with Gasteiger partial charge in [0, 0.05) is 14.2 Å². The third kappa shape index (κ3) is 8.98. The minimum absolute atomic E-state index is 0.149. The van der Waals surface area contributed by atoms with Crippen LogP contribution in [-0.2, 0) is 33.2 Å². The minimum Gasteiger partial charge on any atom is -0.497 e. The number of ether oxygens (including phenoxy) is 2. The van der Waals surface area contributed by atoms with E-state index in [1.807, 2.05) is 48.5 Å². The number of unbranched alkanes of at least 4 members (excludes halogenated alkanes) is 3. The molecular formula is C30H40NO7P. The lowest BCUT2D eigenvalue weighted by molar-refractivity contribution is -0.00155. The van der Waals surface area contributed by atoms with Crippen LogP contribution in [0, 0.1) is 0 Å². The van der Waals surface area contributed by atoms with Crippen molar-refractivity contribution >= 4 is 7.82 Å². The molecule has 3 rings (SSSR count). The molecule has 39 heavy (non-hydrogen) atoms. The van der Waals surface area contributed by atoms with Crippen molar-refractivity contribution in [2.75, 3.05) is 47.8 Å². The van der Waals surface area contributed by atoms with Crippen LogP contribution in [-0.4, -0.2) is 47.8 Å². The number of methoxy groups -OCH3 is 2. The van der Waals surface area contributed by atoms with E-state index in [1.54, 1.807) is 14.2 Å². The molecule has 212 valence electrons. The number of phosphoric ester groups is 1. The van der Waals surface area contributed by atoms with Crippen LogP contribution in [0.3, 0.4) is 0 Å².